The van der Waals surface area contributed by atoms with E-state index in [1.165, 1.54) is 154 Å². The molecule has 0 bridgehead atoms. The Morgan fingerprint density at radius 2 is 0.574 bits per heavy atom. The second kappa shape index (κ2) is 56.4. The van der Waals surface area contributed by atoms with Gasteiger partial charge >= 0.3 is 17.9 Å². The molecule has 0 aromatic rings. The van der Waals surface area contributed by atoms with Crippen LogP contribution in [0.15, 0.2) is 72.9 Å². The zero-order valence-electron chi connectivity index (χ0n) is 44.9. The number of carbonyl (C=O) groups excluding carboxylic acids is 3. The third kappa shape index (κ3) is 53.8. The lowest BCUT2D eigenvalue weighted by Crippen LogP contribution is -2.30. The standard InChI is InChI=1S/C62H108O6/c1-4-7-10-13-16-19-21-23-25-27-29-30-31-32-34-35-37-39-41-43-46-49-52-55-61(64)67-58-59(57-66-60(63)54-51-48-45-18-15-12-9-6-3)68-62(65)56-53-50-47-44-42-40-38-36-33-28-26-24-22-20-17-14-11-8-5-2/h7,10,16-17,19-20,23-26,29-30,59H,4-6,8-9,11-15,18,21-22,27-28,31-58H2,1-3H3/b10-7-,19-16-,20-17-,25-23-,26-24-,30-29-. The molecule has 0 aromatic carbocycles. The van der Waals surface area contributed by atoms with Crippen LogP contribution < -0.4 is 0 Å². The summed E-state index contributed by atoms with van der Waals surface area (Å²) in [5.74, 6) is -0.881. The Kier molecular flexibility index (Phi) is 53.8. The Morgan fingerprint density at radius 1 is 0.309 bits per heavy atom. The molecule has 0 heterocycles. The molecule has 6 nitrogen and oxygen atoms in total. The molecular weight excluding hydrogens is 841 g/mol. The van der Waals surface area contributed by atoms with E-state index < -0.39 is 6.10 Å². The molecule has 1 unspecified atom stereocenters. The average Bonchev–Trinajstić information content (AvgIpc) is 3.34. The highest BCUT2D eigenvalue weighted by atomic mass is 16.6. The van der Waals surface area contributed by atoms with Crippen LogP contribution in [0.3, 0.4) is 0 Å². The third-order valence-electron chi connectivity index (χ3n) is 12.4. The summed E-state index contributed by atoms with van der Waals surface area (Å²) < 4.78 is 16.8. The van der Waals surface area contributed by atoms with E-state index in [-0.39, 0.29) is 31.1 Å². The van der Waals surface area contributed by atoms with Crippen LogP contribution in [0.5, 0.6) is 0 Å². The maximum absolute atomic E-state index is 12.8. The van der Waals surface area contributed by atoms with Gasteiger partial charge in [0.2, 0.25) is 0 Å². The minimum Gasteiger partial charge on any atom is -0.462 e. The largest absolute Gasteiger partial charge is 0.462 e. The number of carbonyl (C=O) groups is 3. The van der Waals surface area contributed by atoms with Gasteiger partial charge in [-0.15, -0.1) is 0 Å². The monoisotopic (exact) mass is 949 g/mol. The summed E-state index contributed by atoms with van der Waals surface area (Å²) in [4.78, 5) is 38.0. The van der Waals surface area contributed by atoms with Crippen molar-refractivity contribution in [3.8, 4) is 0 Å². The van der Waals surface area contributed by atoms with Gasteiger partial charge in [0.1, 0.15) is 13.2 Å². The van der Waals surface area contributed by atoms with Crippen molar-refractivity contribution < 1.29 is 28.6 Å². The van der Waals surface area contributed by atoms with Gasteiger partial charge in [-0.1, -0.05) is 248 Å². The van der Waals surface area contributed by atoms with Crippen molar-refractivity contribution in [1.29, 1.82) is 0 Å². The first-order valence-electron chi connectivity index (χ1n) is 28.9. The summed E-state index contributed by atoms with van der Waals surface area (Å²) in [6.45, 7) is 6.49. The van der Waals surface area contributed by atoms with Gasteiger partial charge in [-0.25, -0.2) is 0 Å². The van der Waals surface area contributed by atoms with Crippen molar-refractivity contribution in [2.75, 3.05) is 13.2 Å². The maximum Gasteiger partial charge on any atom is 0.306 e. The highest BCUT2D eigenvalue weighted by molar-refractivity contribution is 5.71. The van der Waals surface area contributed by atoms with Crippen LogP contribution in [0.25, 0.3) is 0 Å². The summed E-state index contributed by atoms with van der Waals surface area (Å²) in [7, 11) is 0. The molecule has 392 valence electrons. The first-order valence-corrected chi connectivity index (χ1v) is 28.9. The number of allylic oxidation sites excluding steroid dienone is 12. The minimum atomic E-state index is -0.777. The van der Waals surface area contributed by atoms with Crippen LogP contribution in [-0.4, -0.2) is 37.2 Å². The molecule has 0 radical (unpaired) electrons. The van der Waals surface area contributed by atoms with Crippen LogP contribution in [-0.2, 0) is 28.6 Å². The fourth-order valence-electron chi connectivity index (χ4n) is 8.11. The van der Waals surface area contributed by atoms with Crippen molar-refractivity contribution in [1.82, 2.24) is 0 Å². The number of hydrogen-bond donors (Lipinski definition) is 0. The highest BCUT2D eigenvalue weighted by Crippen LogP contribution is 2.16. The molecular formula is C62H108O6. The van der Waals surface area contributed by atoms with E-state index in [2.05, 4.69) is 93.7 Å². The van der Waals surface area contributed by atoms with E-state index in [9.17, 15) is 14.4 Å². The van der Waals surface area contributed by atoms with Crippen molar-refractivity contribution >= 4 is 17.9 Å². The molecule has 0 spiro atoms. The first kappa shape index (κ1) is 64.8. The topological polar surface area (TPSA) is 78.9 Å². The molecule has 0 saturated carbocycles. The van der Waals surface area contributed by atoms with Gasteiger partial charge in [0.05, 0.1) is 0 Å². The molecule has 0 rings (SSSR count). The second-order valence-electron chi connectivity index (χ2n) is 19.2. The number of hydrogen-bond acceptors (Lipinski definition) is 6. The molecule has 0 saturated heterocycles. The lowest BCUT2D eigenvalue weighted by atomic mass is 10.1. The molecule has 0 fully saturated rings. The molecule has 0 aliphatic heterocycles. The summed E-state index contributed by atoms with van der Waals surface area (Å²) >= 11 is 0. The van der Waals surface area contributed by atoms with Gasteiger partial charge < -0.3 is 14.2 Å². The fraction of sp³-hybridized carbons (Fsp3) is 0.758. The molecule has 68 heavy (non-hydrogen) atoms. The first-order chi connectivity index (χ1) is 33.5. The van der Waals surface area contributed by atoms with E-state index in [1.807, 2.05) is 0 Å². The van der Waals surface area contributed by atoms with Crippen molar-refractivity contribution in [2.24, 2.45) is 0 Å². The Hall–Kier alpha value is -3.15. The highest BCUT2D eigenvalue weighted by Gasteiger charge is 2.19. The number of esters is 3. The minimum absolute atomic E-state index is 0.0764. The smallest absolute Gasteiger partial charge is 0.306 e. The molecule has 6 heteroatoms. The summed E-state index contributed by atoms with van der Waals surface area (Å²) in [6, 6.07) is 0. The van der Waals surface area contributed by atoms with Crippen LogP contribution in [0.2, 0.25) is 0 Å². The van der Waals surface area contributed by atoms with E-state index in [1.54, 1.807) is 0 Å². The summed E-state index contributed by atoms with van der Waals surface area (Å²) in [5.41, 5.74) is 0. The molecule has 0 N–H and O–H groups in total. The van der Waals surface area contributed by atoms with Crippen molar-refractivity contribution in [3.63, 3.8) is 0 Å². The zero-order valence-corrected chi connectivity index (χ0v) is 44.9. The lowest BCUT2D eigenvalue weighted by Gasteiger charge is -2.18. The van der Waals surface area contributed by atoms with Gasteiger partial charge in [-0.05, 0) is 89.9 Å². The van der Waals surface area contributed by atoms with Gasteiger partial charge in [-0.3, -0.25) is 14.4 Å². The Labute approximate surface area is 421 Å². The predicted octanol–water partition coefficient (Wildman–Crippen LogP) is 19.4. The van der Waals surface area contributed by atoms with Crippen LogP contribution in [0.1, 0.15) is 284 Å². The number of rotatable bonds is 52. The maximum atomic E-state index is 12.8. The van der Waals surface area contributed by atoms with Gasteiger partial charge in [-0.2, -0.15) is 0 Å². The van der Waals surface area contributed by atoms with Crippen LogP contribution in [0.4, 0.5) is 0 Å². The summed E-state index contributed by atoms with van der Waals surface area (Å²) in [5, 5.41) is 0. The number of unbranched alkanes of at least 4 members (excludes halogenated alkanes) is 29. The van der Waals surface area contributed by atoms with E-state index in [4.69, 9.17) is 14.2 Å². The second-order valence-corrected chi connectivity index (χ2v) is 19.2. The summed E-state index contributed by atoms with van der Waals surface area (Å²) in [6.07, 6.45) is 71.9. The van der Waals surface area contributed by atoms with Gasteiger partial charge in [0, 0.05) is 19.3 Å². The molecule has 0 aliphatic carbocycles. The van der Waals surface area contributed by atoms with Crippen LogP contribution >= 0.6 is 0 Å². The fourth-order valence-corrected chi connectivity index (χ4v) is 8.11. The van der Waals surface area contributed by atoms with E-state index in [0.29, 0.717) is 19.3 Å². The zero-order chi connectivity index (χ0) is 49.3. The quantitative estimate of drug-likeness (QED) is 0.0262. The molecule has 1 atom stereocenters. The normalized spacial score (nSPS) is 12.6. The SMILES string of the molecule is CC/C=C\C/C=C\C/C=C\C/C=C\CCCCCCCCCCCCC(=O)OCC(COC(=O)CCCCCCCCCC)OC(=O)CCCCCCCCCCC/C=C\C/C=C\CCCCC. The van der Waals surface area contributed by atoms with Crippen molar-refractivity contribution in [2.45, 2.75) is 290 Å². The van der Waals surface area contributed by atoms with Crippen LogP contribution in [0, 0.1) is 0 Å². The van der Waals surface area contributed by atoms with E-state index >= 15 is 0 Å². The van der Waals surface area contributed by atoms with Crippen molar-refractivity contribution in [3.05, 3.63) is 72.9 Å². The molecule has 0 aromatic heterocycles. The van der Waals surface area contributed by atoms with E-state index in [0.717, 1.165) is 89.9 Å². The number of ether oxygens (including phenoxy) is 3. The Balaban J connectivity index is 4.23. The Morgan fingerprint density at radius 3 is 0.926 bits per heavy atom. The Bertz CT molecular complexity index is 1270. The third-order valence-corrected chi connectivity index (χ3v) is 12.4. The van der Waals surface area contributed by atoms with Gasteiger partial charge in [0.15, 0.2) is 6.10 Å². The molecule has 0 amide bonds. The lowest BCUT2D eigenvalue weighted by molar-refractivity contribution is -0.167. The molecule has 0 aliphatic rings. The average molecular weight is 950 g/mol. The van der Waals surface area contributed by atoms with Gasteiger partial charge in [0.25, 0.3) is 0 Å². The predicted molar refractivity (Wildman–Crippen MR) is 293 cm³/mol.